The molecule has 0 aromatic carbocycles. The van der Waals surface area contributed by atoms with Crippen molar-refractivity contribution in [2.24, 2.45) is 18.9 Å². The largest absolute Gasteiger partial charge is 0.381 e. The van der Waals surface area contributed by atoms with Crippen LogP contribution in [0.4, 0.5) is 0 Å². The van der Waals surface area contributed by atoms with Crippen LogP contribution in [-0.4, -0.2) is 39.0 Å². The van der Waals surface area contributed by atoms with E-state index in [0.29, 0.717) is 5.92 Å². The molecule has 0 unspecified atom stereocenters. The number of aryl methyl sites for hydroxylation is 1. The molecular weight excluding hydrogens is 300 g/mol. The highest BCUT2D eigenvalue weighted by Crippen LogP contribution is 2.29. The van der Waals surface area contributed by atoms with Crippen LogP contribution >= 0.6 is 0 Å². The molecule has 130 valence electrons. The van der Waals surface area contributed by atoms with E-state index in [-0.39, 0.29) is 0 Å². The molecule has 2 aromatic heterocycles. The number of hydrogen-bond acceptors (Lipinski definition) is 3. The molecule has 2 aromatic rings. The average molecular weight is 328 g/mol. The Labute approximate surface area is 144 Å². The summed E-state index contributed by atoms with van der Waals surface area (Å²) in [6.45, 7) is 6.10. The predicted octanol–water partition coefficient (Wildman–Crippen LogP) is 2.67. The third-order valence-corrected chi connectivity index (χ3v) is 5.17. The first kappa shape index (κ1) is 15.9. The summed E-state index contributed by atoms with van der Waals surface area (Å²) in [6, 6.07) is 4.42. The summed E-state index contributed by atoms with van der Waals surface area (Å²) < 4.78 is 10.2. The van der Waals surface area contributed by atoms with Crippen LogP contribution in [0.5, 0.6) is 0 Å². The van der Waals surface area contributed by atoms with Crippen LogP contribution in [0, 0.1) is 11.8 Å². The van der Waals surface area contributed by atoms with Gasteiger partial charge in [-0.15, -0.1) is 0 Å². The van der Waals surface area contributed by atoms with Gasteiger partial charge < -0.3 is 9.30 Å². The van der Waals surface area contributed by atoms with E-state index in [1.807, 2.05) is 17.9 Å². The monoisotopic (exact) mass is 328 g/mol. The molecule has 1 aliphatic heterocycles. The molecule has 1 saturated carbocycles. The van der Waals surface area contributed by atoms with Gasteiger partial charge in [-0.1, -0.05) is 0 Å². The molecule has 3 heterocycles. The molecule has 5 nitrogen and oxygen atoms in total. The maximum absolute atomic E-state index is 5.89. The van der Waals surface area contributed by atoms with Crippen molar-refractivity contribution in [3.63, 3.8) is 0 Å². The first-order chi connectivity index (χ1) is 11.8. The number of aromatic nitrogens is 3. The summed E-state index contributed by atoms with van der Waals surface area (Å²) in [7, 11) is 1.98. The van der Waals surface area contributed by atoms with E-state index in [0.717, 1.165) is 51.7 Å². The van der Waals surface area contributed by atoms with Crippen LogP contribution in [-0.2, 0) is 31.4 Å². The molecule has 0 amide bonds. The van der Waals surface area contributed by atoms with Crippen molar-refractivity contribution < 1.29 is 4.74 Å². The zero-order chi connectivity index (χ0) is 16.4. The van der Waals surface area contributed by atoms with Gasteiger partial charge in [-0.25, -0.2) is 0 Å². The Hall–Kier alpha value is -1.59. The first-order valence-corrected chi connectivity index (χ1v) is 9.18. The second-order valence-electron chi connectivity index (χ2n) is 7.52. The van der Waals surface area contributed by atoms with Crippen molar-refractivity contribution in [1.82, 2.24) is 19.2 Å². The molecule has 24 heavy (non-hydrogen) atoms. The summed E-state index contributed by atoms with van der Waals surface area (Å²) in [6.07, 6.45) is 10.2. The van der Waals surface area contributed by atoms with E-state index >= 15 is 0 Å². The van der Waals surface area contributed by atoms with Gasteiger partial charge in [-0.2, -0.15) is 5.10 Å². The van der Waals surface area contributed by atoms with E-state index in [4.69, 9.17) is 4.74 Å². The molecular formula is C19H28N4O. The molecule has 1 fully saturated rings. The number of nitrogens with zero attached hydrogens (tertiary/aromatic N) is 4. The fourth-order valence-corrected chi connectivity index (χ4v) is 3.67. The number of hydrogen-bond donors (Lipinski definition) is 0. The molecule has 0 radical (unpaired) electrons. The van der Waals surface area contributed by atoms with Crippen LogP contribution in [0.25, 0.3) is 0 Å². The quantitative estimate of drug-likeness (QED) is 0.733. The van der Waals surface area contributed by atoms with Gasteiger partial charge in [-0.3, -0.25) is 9.58 Å². The summed E-state index contributed by atoms with van der Waals surface area (Å²) in [5.41, 5.74) is 2.71. The van der Waals surface area contributed by atoms with Crippen LogP contribution in [0.1, 0.15) is 30.5 Å². The highest BCUT2D eigenvalue weighted by Gasteiger charge is 2.23. The van der Waals surface area contributed by atoms with Crippen LogP contribution < -0.4 is 0 Å². The lowest BCUT2D eigenvalue weighted by atomic mass is 10.1. The number of rotatable bonds is 7. The van der Waals surface area contributed by atoms with Crippen LogP contribution in [0.2, 0.25) is 0 Å². The summed E-state index contributed by atoms with van der Waals surface area (Å²) in [5.74, 6) is 1.51. The van der Waals surface area contributed by atoms with Crippen molar-refractivity contribution in [3.05, 3.63) is 42.0 Å². The molecule has 2 aliphatic rings. The molecule has 5 heteroatoms. The predicted molar refractivity (Wildman–Crippen MR) is 93.4 cm³/mol. The van der Waals surface area contributed by atoms with Gasteiger partial charge in [0.1, 0.15) is 0 Å². The Kier molecular flexibility index (Phi) is 4.72. The van der Waals surface area contributed by atoms with Crippen molar-refractivity contribution >= 4 is 0 Å². The smallest absolute Gasteiger partial charge is 0.0534 e. The maximum Gasteiger partial charge on any atom is 0.0534 e. The number of fused-ring (bicyclic) bond motifs is 1. The van der Waals surface area contributed by atoms with Crippen LogP contribution in [0.15, 0.2) is 30.7 Å². The fraction of sp³-hybridized carbons (Fsp3) is 0.632. The SMILES string of the molecule is Cn1cc(CN2Cc3cccn3C[C@@H](CCOCC3CC3)C2)cn1. The Morgan fingerprint density at radius 3 is 2.96 bits per heavy atom. The van der Waals surface area contributed by atoms with Gasteiger partial charge in [0.2, 0.25) is 0 Å². The highest BCUT2D eigenvalue weighted by molar-refractivity contribution is 5.10. The van der Waals surface area contributed by atoms with E-state index < -0.39 is 0 Å². The third kappa shape index (κ3) is 4.08. The normalized spacial score (nSPS) is 21.6. The Morgan fingerprint density at radius 1 is 1.25 bits per heavy atom. The minimum Gasteiger partial charge on any atom is -0.381 e. The molecule has 4 rings (SSSR count). The zero-order valence-corrected chi connectivity index (χ0v) is 14.6. The molecule has 1 aliphatic carbocycles. The topological polar surface area (TPSA) is 35.2 Å². The van der Waals surface area contributed by atoms with Gasteiger partial charge in [-0.05, 0) is 43.2 Å². The van der Waals surface area contributed by atoms with E-state index in [9.17, 15) is 0 Å². The van der Waals surface area contributed by atoms with Crippen molar-refractivity contribution in [3.8, 4) is 0 Å². The Balaban J connectivity index is 1.37. The van der Waals surface area contributed by atoms with E-state index in [1.54, 1.807) is 0 Å². The maximum atomic E-state index is 5.89. The molecule has 0 saturated heterocycles. The minimum absolute atomic E-state index is 0.648. The van der Waals surface area contributed by atoms with E-state index in [2.05, 4.69) is 39.1 Å². The van der Waals surface area contributed by atoms with Crippen LogP contribution in [0.3, 0.4) is 0 Å². The van der Waals surface area contributed by atoms with Gasteiger partial charge in [0, 0.05) is 70.1 Å². The Bertz CT molecular complexity index is 658. The van der Waals surface area contributed by atoms with Crippen molar-refractivity contribution in [2.75, 3.05) is 19.8 Å². The lowest BCUT2D eigenvalue weighted by Crippen LogP contribution is -2.28. The van der Waals surface area contributed by atoms with Crippen molar-refractivity contribution in [1.29, 1.82) is 0 Å². The summed E-state index contributed by atoms with van der Waals surface area (Å²) >= 11 is 0. The average Bonchev–Trinajstić information content (AvgIpc) is 3.20. The zero-order valence-electron chi connectivity index (χ0n) is 14.6. The number of ether oxygens (including phenoxy) is 1. The highest BCUT2D eigenvalue weighted by atomic mass is 16.5. The van der Waals surface area contributed by atoms with Gasteiger partial charge >= 0.3 is 0 Å². The lowest BCUT2D eigenvalue weighted by Gasteiger charge is -2.23. The van der Waals surface area contributed by atoms with Gasteiger partial charge in [0.05, 0.1) is 6.20 Å². The lowest BCUT2D eigenvalue weighted by molar-refractivity contribution is 0.101. The summed E-state index contributed by atoms with van der Waals surface area (Å²) in [4.78, 5) is 2.56. The van der Waals surface area contributed by atoms with E-state index in [1.165, 1.54) is 24.1 Å². The standard InChI is InChI=1S/C19H28N4O/c1-21-10-18(9-20-21)12-22-11-17(6-8-24-15-16-4-5-16)13-23-7-2-3-19(23)14-22/h2-3,7,9-10,16-17H,4-6,8,11-15H2,1H3/t17-/m0/s1. The second-order valence-corrected chi connectivity index (χ2v) is 7.52. The molecule has 1 atom stereocenters. The fourth-order valence-electron chi connectivity index (χ4n) is 3.67. The molecule has 0 spiro atoms. The third-order valence-electron chi connectivity index (χ3n) is 5.17. The molecule has 0 N–H and O–H groups in total. The van der Waals surface area contributed by atoms with Gasteiger partial charge in [0.25, 0.3) is 0 Å². The van der Waals surface area contributed by atoms with Gasteiger partial charge in [0.15, 0.2) is 0 Å². The molecule has 0 bridgehead atoms. The minimum atomic E-state index is 0.648. The first-order valence-electron chi connectivity index (χ1n) is 9.18. The second kappa shape index (κ2) is 7.11. The Morgan fingerprint density at radius 2 is 2.17 bits per heavy atom. The summed E-state index contributed by atoms with van der Waals surface area (Å²) in [5, 5.41) is 4.31. The van der Waals surface area contributed by atoms with Crippen molar-refractivity contribution in [2.45, 2.75) is 38.9 Å².